The van der Waals surface area contributed by atoms with E-state index in [2.05, 4.69) is 22.5 Å². The summed E-state index contributed by atoms with van der Waals surface area (Å²) in [5.41, 5.74) is 2.48. The molecule has 0 atom stereocenters. The van der Waals surface area contributed by atoms with Gasteiger partial charge in [-0.1, -0.05) is 12.8 Å². The Bertz CT molecular complexity index is 209. The molecule has 10 heavy (non-hydrogen) atoms. The van der Waals surface area contributed by atoms with Crippen molar-refractivity contribution in [2.45, 2.75) is 6.42 Å². The number of amides is 1. The van der Waals surface area contributed by atoms with E-state index in [9.17, 15) is 4.79 Å². The Balaban J connectivity index is 2.48. The molecule has 1 amide bonds. The summed E-state index contributed by atoms with van der Waals surface area (Å²) in [5, 5.41) is 1.84. The van der Waals surface area contributed by atoms with Crippen LogP contribution in [0.5, 0.6) is 0 Å². The molecule has 0 bridgehead atoms. The van der Waals surface area contributed by atoms with Crippen LogP contribution in [0.25, 0.3) is 0 Å². The van der Waals surface area contributed by atoms with E-state index in [4.69, 9.17) is 0 Å². The van der Waals surface area contributed by atoms with Crippen LogP contribution in [0.4, 0.5) is 0 Å². The van der Waals surface area contributed by atoms with Crippen LogP contribution in [0.15, 0.2) is 10.9 Å². The van der Waals surface area contributed by atoms with Crippen molar-refractivity contribution in [1.29, 1.82) is 0 Å². The van der Waals surface area contributed by atoms with E-state index < -0.39 is 0 Å². The average Bonchev–Trinajstić information content (AvgIpc) is 2.40. The van der Waals surface area contributed by atoms with Gasteiger partial charge < -0.3 is 4.72 Å². The first-order valence-electron chi connectivity index (χ1n) is 2.63. The van der Waals surface area contributed by atoms with Crippen molar-refractivity contribution in [3.05, 3.63) is 16.6 Å². The molecule has 0 unspecified atom stereocenters. The van der Waals surface area contributed by atoms with Gasteiger partial charge in [-0.05, 0) is 0 Å². The highest BCUT2D eigenvalue weighted by atomic mass is 32.1. The van der Waals surface area contributed by atoms with Gasteiger partial charge in [0, 0.05) is 5.38 Å². The highest BCUT2D eigenvalue weighted by Crippen LogP contribution is 2.00. The number of aromatic nitrogens is 1. The third-order valence-corrected chi connectivity index (χ3v) is 1.83. The van der Waals surface area contributed by atoms with Crippen molar-refractivity contribution in [2.75, 3.05) is 0 Å². The van der Waals surface area contributed by atoms with Crippen molar-refractivity contribution in [3.8, 4) is 0 Å². The Kier molecular flexibility index (Phi) is 2.70. The van der Waals surface area contributed by atoms with Crippen LogP contribution in [0, 0.1) is 0 Å². The molecule has 0 aliphatic rings. The number of carbonyl (C=O) groups excluding carboxylic acids is 1. The van der Waals surface area contributed by atoms with E-state index in [1.807, 2.05) is 5.38 Å². The molecule has 0 aromatic carbocycles. The van der Waals surface area contributed by atoms with Crippen molar-refractivity contribution in [2.24, 2.45) is 0 Å². The first-order valence-corrected chi connectivity index (χ1v) is 4.02. The Morgan fingerprint density at radius 3 is 3.20 bits per heavy atom. The number of nitrogens with zero attached hydrogens (tertiary/aromatic N) is 1. The molecule has 1 rings (SSSR count). The summed E-state index contributed by atoms with van der Waals surface area (Å²) in [5.74, 6) is -0.130. The fraction of sp³-hybridized carbons (Fsp3) is 0.200. The molecule has 0 aliphatic heterocycles. The van der Waals surface area contributed by atoms with Gasteiger partial charge in [-0.25, -0.2) is 4.98 Å². The van der Waals surface area contributed by atoms with E-state index >= 15 is 0 Å². The maximum atomic E-state index is 10.7. The van der Waals surface area contributed by atoms with Crippen molar-refractivity contribution in [1.82, 2.24) is 9.71 Å². The molecule has 0 saturated heterocycles. The van der Waals surface area contributed by atoms with Crippen molar-refractivity contribution < 1.29 is 4.79 Å². The fourth-order valence-corrected chi connectivity index (χ4v) is 1.17. The summed E-state index contributed by atoms with van der Waals surface area (Å²) in [6.45, 7) is 0. The second-order valence-electron chi connectivity index (χ2n) is 1.69. The van der Waals surface area contributed by atoms with Crippen LogP contribution >= 0.6 is 24.2 Å². The van der Waals surface area contributed by atoms with Gasteiger partial charge in [0.25, 0.3) is 0 Å². The molecule has 0 saturated carbocycles. The molecular formula is C5H6N2OS2. The quantitative estimate of drug-likeness (QED) is 0.646. The van der Waals surface area contributed by atoms with Gasteiger partial charge in [0.2, 0.25) is 5.91 Å². The molecule has 0 fully saturated rings. The van der Waals surface area contributed by atoms with E-state index in [1.165, 1.54) is 11.3 Å². The fourth-order valence-electron chi connectivity index (χ4n) is 0.529. The standard InChI is InChI=1S/C5H6N2OS2/c8-5(7-9)1-4-2-10-3-6-4/h2-3,9H,1H2,(H,7,8). The van der Waals surface area contributed by atoms with E-state index in [-0.39, 0.29) is 5.91 Å². The normalized spacial score (nSPS) is 9.30. The third kappa shape index (κ3) is 2.00. The molecule has 3 nitrogen and oxygen atoms in total. The zero-order valence-corrected chi connectivity index (χ0v) is 6.78. The molecule has 1 aromatic heterocycles. The summed E-state index contributed by atoms with van der Waals surface area (Å²) in [4.78, 5) is 14.6. The second kappa shape index (κ2) is 3.58. The maximum Gasteiger partial charge on any atom is 0.235 e. The number of nitrogens with one attached hydrogen (secondary N) is 1. The number of rotatable bonds is 2. The van der Waals surface area contributed by atoms with Crippen LogP contribution in [-0.2, 0) is 11.2 Å². The SMILES string of the molecule is O=C(Cc1cscn1)NS. The zero-order valence-electron chi connectivity index (χ0n) is 5.07. The summed E-state index contributed by atoms with van der Waals surface area (Å²) in [7, 11) is 0. The number of thiazole rings is 1. The summed E-state index contributed by atoms with van der Waals surface area (Å²) >= 11 is 5.08. The smallest absolute Gasteiger partial charge is 0.235 e. The monoisotopic (exact) mass is 174 g/mol. The van der Waals surface area contributed by atoms with Crippen LogP contribution in [0.2, 0.25) is 0 Å². The lowest BCUT2D eigenvalue weighted by molar-refractivity contribution is -0.118. The summed E-state index contributed by atoms with van der Waals surface area (Å²) in [6, 6.07) is 0. The summed E-state index contributed by atoms with van der Waals surface area (Å²) in [6.07, 6.45) is 0.312. The highest BCUT2D eigenvalue weighted by Gasteiger charge is 2.00. The minimum absolute atomic E-state index is 0.130. The van der Waals surface area contributed by atoms with Gasteiger partial charge in [-0.3, -0.25) is 4.79 Å². The van der Waals surface area contributed by atoms with Gasteiger partial charge in [0.1, 0.15) is 0 Å². The molecule has 54 valence electrons. The number of hydrogen-bond acceptors (Lipinski definition) is 4. The van der Waals surface area contributed by atoms with Gasteiger partial charge in [0.05, 0.1) is 17.6 Å². The van der Waals surface area contributed by atoms with Gasteiger partial charge >= 0.3 is 0 Å². The topological polar surface area (TPSA) is 42.0 Å². The molecule has 0 aliphatic carbocycles. The van der Waals surface area contributed by atoms with Crippen molar-refractivity contribution in [3.63, 3.8) is 0 Å². The van der Waals surface area contributed by atoms with E-state index in [1.54, 1.807) is 5.51 Å². The largest absolute Gasteiger partial charge is 0.302 e. The maximum absolute atomic E-state index is 10.7. The highest BCUT2D eigenvalue weighted by molar-refractivity contribution is 7.78. The predicted molar refractivity (Wildman–Crippen MR) is 42.9 cm³/mol. The first-order chi connectivity index (χ1) is 4.83. The van der Waals surface area contributed by atoms with Crippen LogP contribution in [-0.4, -0.2) is 10.9 Å². The van der Waals surface area contributed by atoms with Gasteiger partial charge in [-0.15, -0.1) is 11.3 Å². The van der Waals surface area contributed by atoms with Crippen LogP contribution < -0.4 is 4.72 Å². The Morgan fingerprint density at radius 2 is 2.70 bits per heavy atom. The summed E-state index contributed by atoms with van der Waals surface area (Å²) < 4.78 is 2.22. The Hall–Kier alpha value is -0.550. The van der Waals surface area contributed by atoms with Crippen molar-refractivity contribution >= 4 is 30.1 Å². The Morgan fingerprint density at radius 1 is 1.90 bits per heavy atom. The van der Waals surface area contributed by atoms with Gasteiger partial charge in [-0.2, -0.15) is 0 Å². The van der Waals surface area contributed by atoms with Crippen LogP contribution in [0.3, 0.4) is 0 Å². The molecule has 1 heterocycles. The minimum Gasteiger partial charge on any atom is -0.302 e. The molecule has 1 N–H and O–H groups in total. The minimum atomic E-state index is -0.130. The lowest BCUT2D eigenvalue weighted by atomic mass is 10.3. The molecular weight excluding hydrogens is 168 g/mol. The lowest BCUT2D eigenvalue weighted by Crippen LogP contribution is -2.15. The molecule has 0 radical (unpaired) electrons. The zero-order chi connectivity index (χ0) is 7.40. The van der Waals surface area contributed by atoms with Crippen LogP contribution in [0.1, 0.15) is 5.69 Å². The molecule has 0 spiro atoms. The lowest BCUT2D eigenvalue weighted by Gasteiger charge is -1.92. The predicted octanol–water partition coefficient (Wildman–Crippen LogP) is 0.647. The molecule has 5 heteroatoms. The first kappa shape index (κ1) is 7.56. The number of thiol groups is 1. The Labute approximate surface area is 68.0 Å². The molecule has 1 aromatic rings. The van der Waals surface area contributed by atoms with Gasteiger partial charge in [0.15, 0.2) is 0 Å². The number of carbonyl (C=O) groups is 1. The third-order valence-electron chi connectivity index (χ3n) is 0.950. The average molecular weight is 174 g/mol. The number of hydrogen-bond donors (Lipinski definition) is 2. The van der Waals surface area contributed by atoms with E-state index in [0.29, 0.717) is 6.42 Å². The second-order valence-corrected chi connectivity index (χ2v) is 2.63. The van der Waals surface area contributed by atoms with E-state index in [0.717, 1.165) is 5.69 Å².